The summed E-state index contributed by atoms with van der Waals surface area (Å²) in [5.74, 6) is -0.297. The molecule has 24 heavy (non-hydrogen) atoms. The second-order valence-electron chi connectivity index (χ2n) is 6.67. The van der Waals surface area contributed by atoms with Crippen LogP contribution in [0.4, 0.5) is 10.5 Å². The first kappa shape index (κ1) is 19.8. The van der Waals surface area contributed by atoms with Crippen molar-refractivity contribution in [1.29, 1.82) is 0 Å². The molecule has 0 aromatic heterocycles. The number of nitrogens with one attached hydrogen (secondary N) is 1. The Morgan fingerprint density at radius 2 is 1.96 bits per heavy atom. The second kappa shape index (κ2) is 8.57. The van der Waals surface area contributed by atoms with Crippen LogP contribution in [-0.2, 0) is 20.8 Å². The molecular formula is C18H28N2O4. The van der Waals surface area contributed by atoms with Gasteiger partial charge in [0.25, 0.3) is 0 Å². The van der Waals surface area contributed by atoms with Crippen LogP contribution in [0, 0.1) is 0 Å². The quantitative estimate of drug-likeness (QED) is 0.806. The van der Waals surface area contributed by atoms with E-state index in [1.807, 2.05) is 52.0 Å². The van der Waals surface area contributed by atoms with Gasteiger partial charge in [0, 0.05) is 19.3 Å². The fourth-order valence-electron chi connectivity index (χ4n) is 2.11. The third-order valence-corrected chi connectivity index (χ3v) is 3.29. The van der Waals surface area contributed by atoms with Gasteiger partial charge in [-0.15, -0.1) is 0 Å². The minimum atomic E-state index is -0.524. The first-order valence-electron chi connectivity index (χ1n) is 8.03. The summed E-state index contributed by atoms with van der Waals surface area (Å²) in [5.41, 5.74) is 1.22. The summed E-state index contributed by atoms with van der Waals surface area (Å²) in [6.45, 7) is 7.83. The molecular weight excluding hydrogens is 308 g/mol. The highest BCUT2D eigenvalue weighted by Gasteiger charge is 2.20. The summed E-state index contributed by atoms with van der Waals surface area (Å²) in [5, 5.41) is 3.15. The normalized spacial score (nSPS) is 12.2. The van der Waals surface area contributed by atoms with Crippen molar-refractivity contribution in [3.8, 4) is 0 Å². The zero-order valence-electron chi connectivity index (χ0n) is 15.4. The van der Waals surface area contributed by atoms with Crippen LogP contribution in [0.2, 0.25) is 0 Å². The van der Waals surface area contributed by atoms with E-state index in [0.29, 0.717) is 13.0 Å². The Labute approximate surface area is 144 Å². The van der Waals surface area contributed by atoms with Crippen LogP contribution >= 0.6 is 0 Å². The molecule has 0 aliphatic carbocycles. The fraction of sp³-hybridized carbons (Fsp3) is 0.556. The lowest BCUT2D eigenvalue weighted by Gasteiger charge is -2.25. The van der Waals surface area contributed by atoms with Crippen LogP contribution in [-0.4, -0.2) is 42.8 Å². The Morgan fingerprint density at radius 1 is 1.29 bits per heavy atom. The number of esters is 1. The average molecular weight is 336 g/mol. The molecule has 0 spiro atoms. The van der Waals surface area contributed by atoms with E-state index in [-0.39, 0.29) is 12.1 Å². The van der Waals surface area contributed by atoms with E-state index in [2.05, 4.69) is 5.32 Å². The number of methoxy groups -OCH3 is 1. The first-order chi connectivity index (χ1) is 11.2. The van der Waals surface area contributed by atoms with E-state index in [9.17, 15) is 9.59 Å². The van der Waals surface area contributed by atoms with E-state index in [1.54, 1.807) is 7.05 Å². The molecule has 6 nitrogen and oxygen atoms in total. The highest BCUT2D eigenvalue weighted by Crippen LogP contribution is 2.16. The van der Waals surface area contributed by atoms with Crippen molar-refractivity contribution in [2.75, 3.05) is 19.5 Å². The van der Waals surface area contributed by atoms with Gasteiger partial charge >= 0.3 is 12.1 Å². The van der Waals surface area contributed by atoms with Gasteiger partial charge in [0.2, 0.25) is 0 Å². The summed E-state index contributed by atoms with van der Waals surface area (Å²) in [6, 6.07) is 7.19. The number of carbonyl (C=O) groups is 2. The molecule has 0 fully saturated rings. The maximum absolute atomic E-state index is 12.0. The first-order valence-corrected chi connectivity index (χ1v) is 8.03. The summed E-state index contributed by atoms with van der Waals surface area (Å²) in [6.07, 6.45) is 0.246. The number of amides is 1. The van der Waals surface area contributed by atoms with Gasteiger partial charge in [-0.1, -0.05) is 19.1 Å². The standard InChI is InChI=1S/C18H28N2O4/c1-7-15(16(21)23-6)19-14-10-8-9-13(11-14)12-20(5)17(22)24-18(2,3)4/h8-11,15,19H,7,12H2,1-6H3. The van der Waals surface area contributed by atoms with Crippen LogP contribution in [0.3, 0.4) is 0 Å². The lowest BCUT2D eigenvalue weighted by Crippen LogP contribution is -2.33. The number of rotatable bonds is 6. The molecule has 1 aromatic rings. The SMILES string of the molecule is CCC(Nc1cccc(CN(C)C(=O)OC(C)(C)C)c1)C(=O)OC. The third-order valence-electron chi connectivity index (χ3n) is 3.29. The number of benzene rings is 1. The molecule has 0 aliphatic heterocycles. The number of anilines is 1. The van der Waals surface area contributed by atoms with Crippen LogP contribution < -0.4 is 5.32 Å². The molecule has 0 radical (unpaired) electrons. The smallest absolute Gasteiger partial charge is 0.410 e. The maximum atomic E-state index is 12.0. The van der Waals surface area contributed by atoms with Crippen LogP contribution in [0.15, 0.2) is 24.3 Å². The Kier molecular flexibility index (Phi) is 7.07. The van der Waals surface area contributed by atoms with E-state index < -0.39 is 11.6 Å². The van der Waals surface area contributed by atoms with Gasteiger partial charge < -0.3 is 19.7 Å². The van der Waals surface area contributed by atoms with Crippen molar-refractivity contribution in [2.24, 2.45) is 0 Å². The third kappa shape index (κ3) is 6.48. The molecule has 1 aromatic carbocycles. The second-order valence-corrected chi connectivity index (χ2v) is 6.67. The zero-order valence-corrected chi connectivity index (χ0v) is 15.4. The van der Waals surface area contributed by atoms with E-state index >= 15 is 0 Å². The van der Waals surface area contributed by atoms with Crippen molar-refractivity contribution in [3.63, 3.8) is 0 Å². The van der Waals surface area contributed by atoms with Crippen molar-refractivity contribution >= 4 is 17.7 Å². The summed E-state index contributed by atoms with van der Waals surface area (Å²) in [7, 11) is 3.07. The highest BCUT2D eigenvalue weighted by molar-refractivity contribution is 5.79. The zero-order chi connectivity index (χ0) is 18.3. The fourth-order valence-corrected chi connectivity index (χ4v) is 2.11. The highest BCUT2D eigenvalue weighted by atomic mass is 16.6. The van der Waals surface area contributed by atoms with Crippen LogP contribution in [0.5, 0.6) is 0 Å². The van der Waals surface area contributed by atoms with Gasteiger partial charge in [0.15, 0.2) is 0 Å². The topological polar surface area (TPSA) is 67.9 Å². The number of carbonyl (C=O) groups excluding carboxylic acids is 2. The number of nitrogens with zero attached hydrogens (tertiary/aromatic N) is 1. The largest absolute Gasteiger partial charge is 0.467 e. The Hall–Kier alpha value is -2.24. The van der Waals surface area contributed by atoms with Gasteiger partial charge in [0.1, 0.15) is 11.6 Å². The lowest BCUT2D eigenvalue weighted by atomic mass is 10.1. The molecule has 6 heteroatoms. The molecule has 0 aliphatic rings. The number of ether oxygens (including phenoxy) is 2. The molecule has 1 unspecified atom stereocenters. The molecule has 0 saturated carbocycles. The minimum absolute atomic E-state index is 0.297. The molecule has 0 bridgehead atoms. The van der Waals surface area contributed by atoms with Gasteiger partial charge in [-0.2, -0.15) is 0 Å². The summed E-state index contributed by atoms with van der Waals surface area (Å²) >= 11 is 0. The van der Waals surface area contributed by atoms with E-state index in [4.69, 9.17) is 9.47 Å². The van der Waals surface area contributed by atoms with Gasteiger partial charge in [-0.3, -0.25) is 0 Å². The molecule has 1 rings (SSSR count). The molecule has 0 heterocycles. The predicted molar refractivity (Wildman–Crippen MR) is 93.9 cm³/mol. The lowest BCUT2D eigenvalue weighted by molar-refractivity contribution is -0.141. The maximum Gasteiger partial charge on any atom is 0.410 e. The van der Waals surface area contributed by atoms with Crippen molar-refractivity contribution in [2.45, 2.75) is 52.3 Å². The van der Waals surface area contributed by atoms with Crippen molar-refractivity contribution in [1.82, 2.24) is 4.90 Å². The number of hydrogen-bond acceptors (Lipinski definition) is 5. The molecule has 1 N–H and O–H groups in total. The van der Waals surface area contributed by atoms with Gasteiger partial charge in [-0.25, -0.2) is 9.59 Å². The van der Waals surface area contributed by atoms with Gasteiger partial charge in [-0.05, 0) is 44.9 Å². The summed E-state index contributed by atoms with van der Waals surface area (Å²) < 4.78 is 10.1. The van der Waals surface area contributed by atoms with E-state index in [1.165, 1.54) is 12.0 Å². The Balaban J connectivity index is 2.74. The molecule has 1 amide bonds. The Bertz CT molecular complexity index is 566. The number of hydrogen-bond donors (Lipinski definition) is 1. The van der Waals surface area contributed by atoms with E-state index in [0.717, 1.165) is 11.3 Å². The van der Waals surface area contributed by atoms with Crippen molar-refractivity contribution in [3.05, 3.63) is 29.8 Å². The van der Waals surface area contributed by atoms with Crippen LogP contribution in [0.1, 0.15) is 39.7 Å². The van der Waals surface area contributed by atoms with Gasteiger partial charge in [0.05, 0.1) is 7.11 Å². The molecule has 134 valence electrons. The average Bonchev–Trinajstić information content (AvgIpc) is 2.50. The summed E-state index contributed by atoms with van der Waals surface area (Å²) in [4.78, 5) is 25.2. The van der Waals surface area contributed by atoms with Crippen LogP contribution in [0.25, 0.3) is 0 Å². The molecule has 1 atom stereocenters. The predicted octanol–water partition coefficient (Wildman–Crippen LogP) is 3.42. The Morgan fingerprint density at radius 3 is 2.50 bits per heavy atom. The minimum Gasteiger partial charge on any atom is -0.467 e. The molecule has 0 saturated heterocycles. The monoisotopic (exact) mass is 336 g/mol. The van der Waals surface area contributed by atoms with Crippen molar-refractivity contribution < 1.29 is 19.1 Å².